The number of benzene rings is 2. The summed E-state index contributed by atoms with van der Waals surface area (Å²) in [5, 5.41) is 10.7. The van der Waals surface area contributed by atoms with E-state index < -0.39 is 20.0 Å². The molecule has 0 aromatic heterocycles. The van der Waals surface area contributed by atoms with Gasteiger partial charge in [-0.15, -0.1) is 0 Å². The van der Waals surface area contributed by atoms with Crippen LogP contribution in [0.15, 0.2) is 45.0 Å². The fourth-order valence-electron chi connectivity index (χ4n) is 1.69. The lowest BCUT2D eigenvalue weighted by Gasteiger charge is -2.08. The Balaban J connectivity index is 3.01. The highest BCUT2D eigenvalue weighted by Crippen LogP contribution is 2.27. The van der Waals surface area contributed by atoms with Crippen LogP contribution in [0.25, 0.3) is 10.8 Å². The maximum atomic E-state index is 11.5. The molecule has 1 radical (unpaired) electrons. The second-order valence-corrected chi connectivity index (χ2v) is 7.46. The highest BCUT2D eigenvalue weighted by molar-refractivity contribution is 7.90. The molecule has 0 amide bonds. The lowest BCUT2D eigenvalue weighted by molar-refractivity contribution is 0.596. The van der Waals surface area contributed by atoms with Crippen molar-refractivity contribution in [1.29, 1.82) is 0 Å². The van der Waals surface area contributed by atoms with Gasteiger partial charge >= 0.3 is 0 Å². The fraction of sp³-hybridized carbons (Fsp3) is 0. The van der Waals surface area contributed by atoms with Crippen molar-refractivity contribution in [2.24, 2.45) is 10.3 Å². The molecule has 19 heavy (non-hydrogen) atoms. The Labute approximate surface area is 115 Å². The average Bonchev–Trinajstić information content (AvgIpc) is 2.24. The van der Waals surface area contributed by atoms with Crippen LogP contribution in [0.3, 0.4) is 0 Å². The van der Waals surface area contributed by atoms with Gasteiger partial charge in [0.15, 0.2) is 0 Å². The first kappa shape index (κ1) is 14.2. The molecule has 101 valence electrons. The zero-order valence-electron chi connectivity index (χ0n) is 9.40. The molecular formula is C10H9N2O4S3. The van der Waals surface area contributed by atoms with Gasteiger partial charge in [0.1, 0.15) is 0 Å². The Kier molecular flexibility index (Phi) is 3.27. The minimum Gasteiger partial charge on any atom is -0.225 e. The van der Waals surface area contributed by atoms with Crippen molar-refractivity contribution in [3.8, 4) is 0 Å². The van der Waals surface area contributed by atoms with Crippen molar-refractivity contribution in [2.75, 3.05) is 0 Å². The van der Waals surface area contributed by atoms with Gasteiger partial charge in [-0.2, -0.15) is 0 Å². The Morgan fingerprint density at radius 3 is 2.05 bits per heavy atom. The summed E-state index contributed by atoms with van der Waals surface area (Å²) < 4.78 is 45.8. The molecule has 0 unspecified atom stereocenters. The number of sulfonamides is 2. The summed E-state index contributed by atoms with van der Waals surface area (Å²) >= 11 is 4.95. The van der Waals surface area contributed by atoms with Crippen molar-refractivity contribution in [2.45, 2.75) is 14.7 Å². The molecule has 0 saturated carbocycles. The van der Waals surface area contributed by atoms with Crippen LogP contribution in [0.2, 0.25) is 0 Å². The lowest BCUT2D eigenvalue weighted by atomic mass is 10.1. The average molecular weight is 317 g/mol. The summed E-state index contributed by atoms with van der Waals surface area (Å²) in [7, 11) is -8.12. The Hall–Kier alpha value is -1.26. The molecule has 2 aromatic rings. The van der Waals surface area contributed by atoms with Gasteiger partial charge in [-0.05, 0) is 29.7 Å². The highest BCUT2D eigenvalue weighted by Gasteiger charge is 2.18. The number of rotatable bonds is 2. The molecule has 0 atom stereocenters. The Morgan fingerprint density at radius 2 is 1.53 bits per heavy atom. The second-order valence-electron chi connectivity index (χ2n) is 3.89. The predicted molar refractivity (Wildman–Crippen MR) is 72.6 cm³/mol. The first-order valence-corrected chi connectivity index (χ1v) is 8.39. The van der Waals surface area contributed by atoms with Crippen LogP contribution >= 0.6 is 12.6 Å². The second kappa shape index (κ2) is 4.39. The van der Waals surface area contributed by atoms with Gasteiger partial charge in [-0.25, -0.2) is 27.1 Å². The van der Waals surface area contributed by atoms with Crippen molar-refractivity contribution >= 4 is 43.4 Å². The van der Waals surface area contributed by atoms with Gasteiger partial charge in [-0.3, -0.25) is 0 Å². The number of hydrogen-bond acceptors (Lipinski definition) is 4. The van der Waals surface area contributed by atoms with E-state index in [4.69, 9.17) is 22.9 Å². The molecule has 0 saturated heterocycles. The molecule has 9 heteroatoms. The van der Waals surface area contributed by atoms with Crippen molar-refractivity contribution in [3.05, 3.63) is 30.3 Å². The quantitative estimate of drug-likeness (QED) is 0.846. The SMILES string of the molecule is NS(=O)(=O)c1cc(S(N)(=O)=O)c2ccc([S])cc2c1. The maximum absolute atomic E-state index is 11.5. The third-order valence-corrected chi connectivity index (χ3v) is 4.59. The number of nitrogens with two attached hydrogens (primary N) is 2. The first-order valence-electron chi connectivity index (χ1n) is 4.89. The van der Waals surface area contributed by atoms with E-state index in [-0.39, 0.29) is 9.79 Å². The van der Waals surface area contributed by atoms with E-state index in [2.05, 4.69) is 0 Å². The summed E-state index contributed by atoms with van der Waals surface area (Å²) in [5.41, 5.74) is 0. The van der Waals surface area contributed by atoms with Crippen LogP contribution in [0.4, 0.5) is 0 Å². The van der Waals surface area contributed by atoms with Crippen molar-refractivity contribution < 1.29 is 16.8 Å². The highest BCUT2D eigenvalue weighted by atomic mass is 32.2. The van der Waals surface area contributed by atoms with E-state index in [1.54, 1.807) is 0 Å². The van der Waals surface area contributed by atoms with Crippen LogP contribution < -0.4 is 10.3 Å². The largest absolute Gasteiger partial charge is 0.238 e. The Morgan fingerprint density at radius 1 is 0.895 bits per heavy atom. The summed E-state index contributed by atoms with van der Waals surface area (Å²) in [6.07, 6.45) is 0. The molecule has 2 aromatic carbocycles. The number of fused-ring (bicyclic) bond motifs is 1. The molecule has 0 aliphatic rings. The smallest absolute Gasteiger partial charge is 0.225 e. The minimum atomic E-state index is -4.08. The standard InChI is InChI=1S/C10H9N2O4S3/c11-18(13,14)8-4-6-3-7(17)1-2-9(6)10(5-8)19(12,15)16/h1-5H,(H2,11,13,14)(H2,12,15,16). The van der Waals surface area contributed by atoms with Gasteiger partial charge in [0.2, 0.25) is 20.0 Å². The van der Waals surface area contributed by atoms with Gasteiger partial charge < -0.3 is 0 Å². The normalized spacial score (nSPS) is 12.7. The third kappa shape index (κ3) is 2.85. The lowest BCUT2D eigenvalue weighted by Crippen LogP contribution is -2.16. The van der Waals surface area contributed by atoms with E-state index >= 15 is 0 Å². The van der Waals surface area contributed by atoms with Gasteiger partial charge in [0.05, 0.1) is 9.79 Å². The first-order chi connectivity index (χ1) is 8.59. The van der Waals surface area contributed by atoms with E-state index in [9.17, 15) is 16.8 Å². The molecule has 6 nitrogen and oxygen atoms in total. The Bertz CT molecular complexity index is 873. The van der Waals surface area contributed by atoms with E-state index in [0.29, 0.717) is 15.7 Å². The zero-order valence-corrected chi connectivity index (χ0v) is 11.8. The third-order valence-electron chi connectivity index (χ3n) is 2.49. The minimum absolute atomic E-state index is 0.295. The van der Waals surface area contributed by atoms with Crippen molar-refractivity contribution in [1.82, 2.24) is 0 Å². The molecule has 4 N–H and O–H groups in total. The maximum Gasteiger partial charge on any atom is 0.238 e. The van der Waals surface area contributed by atoms with Gasteiger partial charge in [0, 0.05) is 10.3 Å². The van der Waals surface area contributed by atoms with Gasteiger partial charge in [-0.1, -0.05) is 18.7 Å². The molecule has 0 heterocycles. The predicted octanol–water partition coefficient (Wildman–Crippen LogP) is 0.691. The molecular weight excluding hydrogens is 308 g/mol. The monoisotopic (exact) mass is 317 g/mol. The van der Waals surface area contributed by atoms with Gasteiger partial charge in [0.25, 0.3) is 0 Å². The summed E-state index contributed by atoms with van der Waals surface area (Å²) in [6, 6.07) is 6.69. The fourth-order valence-corrected chi connectivity index (χ4v) is 3.31. The summed E-state index contributed by atoms with van der Waals surface area (Å²) in [5.74, 6) is 0. The van der Waals surface area contributed by atoms with E-state index in [1.165, 1.54) is 24.3 Å². The van der Waals surface area contributed by atoms with Crippen LogP contribution in [-0.4, -0.2) is 16.8 Å². The molecule has 0 fully saturated rings. The van der Waals surface area contributed by atoms with Crippen LogP contribution in [0, 0.1) is 0 Å². The summed E-state index contributed by atoms with van der Waals surface area (Å²) in [6.45, 7) is 0. The molecule has 0 spiro atoms. The van der Waals surface area contributed by atoms with E-state index in [1.807, 2.05) is 0 Å². The molecule has 0 aliphatic heterocycles. The topological polar surface area (TPSA) is 120 Å². The van der Waals surface area contributed by atoms with E-state index in [0.717, 1.165) is 6.07 Å². The van der Waals surface area contributed by atoms with Crippen LogP contribution in [0.1, 0.15) is 0 Å². The molecule has 2 rings (SSSR count). The molecule has 0 aliphatic carbocycles. The number of hydrogen-bond donors (Lipinski definition) is 2. The van der Waals surface area contributed by atoms with Crippen LogP contribution in [-0.2, 0) is 20.0 Å². The number of primary sulfonamides is 2. The van der Waals surface area contributed by atoms with Crippen molar-refractivity contribution in [3.63, 3.8) is 0 Å². The summed E-state index contributed by atoms with van der Waals surface area (Å²) in [4.78, 5) is -0.187. The molecule has 0 bridgehead atoms. The zero-order chi connectivity index (χ0) is 14.4. The van der Waals surface area contributed by atoms with Crippen LogP contribution in [0.5, 0.6) is 0 Å².